The van der Waals surface area contributed by atoms with Crippen LogP contribution >= 0.6 is 0 Å². The Morgan fingerprint density at radius 2 is 1.57 bits per heavy atom. The maximum Gasteiger partial charge on any atom is 0.238 e. The van der Waals surface area contributed by atoms with Crippen LogP contribution in [0.1, 0.15) is 13.2 Å². The van der Waals surface area contributed by atoms with Crippen LogP contribution in [0, 0.1) is 6.92 Å². The number of hydrogen-bond acceptors (Lipinski definition) is 4. The first-order valence-corrected chi connectivity index (χ1v) is 8.16. The van der Waals surface area contributed by atoms with E-state index < -0.39 is 10.0 Å². The lowest BCUT2D eigenvalue weighted by molar-refractivity contribution is 0.400. The molecule has 0 spiro atoms. The van der Waals surface area contributed by atoms with Gasteiger partial charge in [-0.1, -0.05) is 55.0 Å². The van der Waals surface area contributed by atoms with Crippen molar-refractivity contribution in [1.82, 2.24) is 5.16 Å². The Morgan fingerprint density at radius 1 is 0.957 bits per heavy atom. The zero-order valence-corrected chi connectivity index (χ0v) is 12.7. The summed E-state index contributed by atoms with van der Waals surface area (Å²) in [6.45, 7) is 1.82. The Kier molecular flexibility index (Phi) is 4.68. The lowest BCUT2D eigenvalue weighted by Gasteiger charge is -2.04. The summed E-state index contributed by atoms with van der Waals surface area (Å²) in [7, 11) is -3.70. The molecular formula is C17H18N2O3S. The van der Waals surface area contributed by atoms with Crippen molar-refractivity contribution in [2.75, 3.05) is 0 Å². The van der Waals surface area contributed by atoms with E-state index in [1.807, 2.05) is 37.3 Å². The van der Waals surface area contributed by atoms with Gasteiger partial charge in [0.05, 0.1) is 10.5 Å². The van der Waals surface area contributed by atoms with Gasteiger partial charge in [-0.25, -0.2) is 13.6 Å². The summed E-state index contributed by atoms with van der Waals surface area (Å²) < 4.78 is 28.0. The summed E-state index contributed by atoms with van der Waals surface area (Å²) in [5.41, 5.74) is 3.32. The van der Waals surface area contributed by atoms with Gasteiger partial charge < -0.3 is 4.52 Å². The Balaban J connectivity index is 0.00000192. The fourth-order valence-electron chi connectivity index (χ4n) is 2.32. The molecule has 0 aliphatic rings. The van der Waals surface area contributed by atoms with Crippen molar-refractivity contribution >= 4 is 10.0 Å². The van der Waals surface area contributed by atoms with E-state index in [2.05, 4.69) is 5.16 Å². The maximum absolute atomic E-state index is 11.3. The van der Waals surface area contributed by atoms with Gasteiger partial charge in [0.1, 0.15) is 11.5 Å². The highest BCUT2D eigenvalue weighted by Gasteiger charge is 2.17. The standard InChI is InChI=1S/C16H14N2O3S.CH4/c1-11-15(12-7-9-14(10-8-12)22(17,19)20)16(18-21-11)13-5-3-2-4-6-13;/h2-10H,1H3,(H2,17,19,20);1H4. The van der Waals surface area contributed by atoms with Gasteiger partial charge in [0.15, 0.2) is 0 Å². The first-order valence-electron chi connectivity index (χ1n) is 6.62. The van der Waals surface area contributed by atoms with Gasteiger partial charge in [0.2, 0.25) is 10.0 Å². The van der Waals surface area contributed by atoms with Crippen molar-refractivity contribution in [3.8, 4) is 22.4 Å². The monoisotopic (exact) mass is 330 g/mol. The fourth-order valence-corrected chi connectivity index (χ4v) is 2.83. The molecule has 0 bridgehead atoms. The van der Waals surface area contributed by atoms with E-state index in [1.54, 1.807) is 12.1 Å². The van der Waals surface area contributed by atoms with Gasteiger partial charge in [-0.05, 0) is 24.6 Å². The molecule has 120 valence electrons. The molecule has 3 rings (SSSR count). The molecule has 2 N–H and O–H groups in total. The summed E-state index contributed by atoms with van der Waals surface area (Å²) >= 11 is 0. The molecule has 0 saturated carbocycles. The molecule has 0 atom stereocenters. The third kappa shape index (κ3) is 3.33. The van der Waals surface area contributed by atoms with E-state index in [9.17, 15) is 8.42 Å². The number of sulfonamides is 1. The Hall–Kier alpha value is -2.44. The van der Waals surface area contributed by atoms with Gasteiger partial charge in [-0.3, -0.25) is 0 Å². The lowest BCUT2D eigenvalue weighted by atomic mass is 10.00. The number of aryl methyl sites for hydroxylation is 1. The average molecular weight is 330 g/mol. The Morgan fingerprint density at radius 3 is 2.13 bits per heavy atom. The van der Waals surface area contributed by atoms with E-state index in [0.29, 0.717) is 5.76 Å². The second-order valence-electron chi connectivity index (χ2n) is 4.90. The quantitative estimate of drug-likeness (QED) is 0.795. The zero-order chi connectivity index (χ0) is 15.7. The van der Waals surface area contributed by atoms with E-state index in [1.165, 1.54) is 12.1 Å². The summed E-state index contributed by atoms with van der Waals surface area (Å²) in [6.07, 6.45) is 0. The van der Waals surface area contributed by atoms with Gasteiger partial charge in [-0.2, -0.15) is 0 Å². The molecule has 0 radical (unpaired) electrons. The zero-order valence-electron chi connectivity index (χ0n) is 11.9. The second kappa shape index (κ2) is 6.36. The van der Waals surface area contributed by atoms with Crippen LogP contribution in [0.5, 0.6) is 0 Å². The van der Waals surface area contributed by atoms with E-state index in [-0.39, 0.29) is 12.3 Å². The van der Waals surface area contributed by atoms with Crippen LogP contribution in [0.2, 0.25) is 0 Å². The molecule has 2 aromatic carbocycles. The molecule has 1 heterocycles. The lowest BCUT2D eigenvalue weighted by Crippen LogP contribution is -2.11. The van der Waals surface area contributed by atoms with Gasteiger partial charge in [-0.15, -0.1) is 0 Å². The van der Waals surface area contributed by atoms with E-state index >= 15 is 0 Å². The molecule has 0 unspecified atom stereocenters. The number of rotatable bonds is 3. The van der Waals surface area contributed by atoms with Crippen LogP contribution in [0.25, 0.3) is 22.4 Å². The molecule has 3 aromatic rings. The summed E-state index contributed by atoms with van der Waals surface area (Å²) in [5, 5.41) is 9.23. The van der Waals surface area contributed by atoms with Crippen LogP contribution in [0.4, 0.5) is 0 Å². The average Bonchev–Trinajstić information content (AvgIpc) is 2.89. The molecule has 0 fully saturated rings. The van der Waals surface area contributed by atoms with Crippen molar-refractivity contribution in [3.05, 3.63) is 60.4 Å². The number of aromatic nitrogens is 1. The highest BCUT2D eigenvalue weighted by molar-refractivity contribution is 7.89. The topological polar surface area (TPSA) is 86.2 Å². The summed E-state index contributed by atoms with van der Waals surface area (Å²) in [5.74, 6) is 0.669. The van der Waals surface area contributed by atoms with Crippen molar-refractivity contribution < 1.29 is 12.9 Å². The van der Waals surface area contributed by atoms with Crippen molar-refractivity contribution in [2.24, 2.45) is 5.14 Å². The van der Waals surface area contributed by atoms with Crippen LogP contribution in [0.3, 0.4) is 0 Å². The van der Waals surface area contributed by atoms with Crippen LogP contribution in [0.15, 0.2) is 64.0 Å². The first-order chi connectivity index (χ1) is 10.5. The molecule has 0 aliphatic carbocycles. The smallest absolute Gasteiger partial charge is 0.238 e. The summed E-state index contributed by atoms with van der Waals surface area (Å²) in [4.78, 5) is 0.0756. The molecule has 5 nitrogen and oxygen atoms in total. The molecule has 1 aromatic heterocycles. The molecule has 23 heavy (non-hydrogen) atoms. The highest BCUT2D eigenvalue weighted by Crippen LogP contribution is 2.34. The summed E-state index contributed by atoms with van der Waals surface area (Å²) in [6, 6.07) is 16.0. The number of hydrogen-bond donors (Lipinski definition) is 1. The van der Waals surface area contributed by atoms with Crippen LogP contribution in [-0.4, -0.2) is 13.6 Å². The van der Waals surface area contributed by atoms with Crippen molar-refractivity contribution in [2.45, 2.75) is 19.2 Å². The second-order valence-corrected chi connectivity index (χ2v) is 6.46. The third-order valence-corrected chi connectivity index (χ3v) is 4.31. The minimum absolute atomic E-state index is 0. The predicted molar refractivity (Wildman–Crippen MR) is 90.2 cm³/mol. The number of benzene rings is 2. The van der Waals surface area contributed by atoms with E-state index in [4.69, 9.17) is 9.66 Å². The number of nitrogens with zero attached hydrogens (tertiary/aromatic N) is 1. The molecule has 0 aliphatic heterocycles. The van der Waals surface area contributed by atoms with Crippen molar-refractivity contribution in [1.29, 1.82) is 0 Å². The van der Waals surface area contributed by atoms with Crippen LogP contribution in [-0.2, 0) is 10.0 Å². The SMILES string of the molecule is C.Cc1onc(-c2ccccc2)c1-c1ccc(S(N)(=O)=O)cc1. The fraction of sp³-hybridized carbons (Fsp3) is 0.118. The third-order valence-electron chi connectivity index (χ3n) is 3.38. The number of primary sulfonamides is 1. The Bertz CT molecular complexity index is 899. The predicted octanol–water partition coefficient (Wildman–Crippen LogP) is 3.60. The van der Waals surface area contributed by atoms with Crippen molar-refractivity contribution in [3.63, 3.8) is 0 Å². The number of nitrogens with two attached hydrogens (primary N) is 1. The molecule has 0 saturated heterocycles. The van der Waals surface area contributed by atoms with Gasteiger partial charge in [0, 0.05) is 5.56 Å². The van der Waals surface area contributed by atoms with E-state index in [0.717, 1.165) is 22.4 Å². The highest BCUT2D eigenvalue weighted by atomic mass is 32.2. The molecule has 0 amide bonds. The largest absolute Gasteiger partial charge is 0.360 e. The Labute approximate surface area is 135 Å². The first kappa shape index (κ1) is 16.9. The van der Waals surface area contributed by atoms with Crippen LogP contribution < -0.4 is 5.14 Å². The minimum Gasteiger partial charge on any atom is -0.360 e. The van der Waals surface area contributed by atoms with Gasteiger partial charge in [0.25, 0.3) is 0 Å². The normalized spacial score (nSPS) is 11.0. The molecule has 6 heteroatoms. The van der Waals surface area contributed by atoms with Gasteiger partial charge >= 0.3 is 0 Å². The minimum atomic E-state index is -3.70. The maximum atomic E-state index is 11.3. The molecular weight excluding hydrogens is 312 g/mol.